The molecule has 2 heterocycles. The molecule has 46 heavy (non-hydrogen) atoms. The van der Waals surface area contributed by atoms with Crippen LogP contribution in [0.1, 0.15) is 90.8 Å². The number of carbonyl (C=O) groups is 2. The zero-order chi connectivity index (χ0) is 33.9. The quantitative estimate of drug-likeness (QED) is 0.252. The third kappa shape index (κ3) is 8.44. The van der Waals surface area contributed by atoms with E-state index in [2.05, 4.69) is 11.1 Å². The number of pyridine rings is 1. The summed E-state index contributed by atoms with van der Waals surface area (Å²) in [5.41, 5.74) is 3.57. The van der Waals surface area contributed by atoms with Gasteiger partial charge < -0.3 is 24.3 Å². The predicted molar refractivity (Wildman–Crippen MR) is 186 cm³/mol. The number of aromatic amines is 1. The molecule has 1 fully saturated rings. The van der Waals surface area contributed by atoms with Crippen LogP contribution in [0.5, 0.6) is 5.75 Å². The van der Waals surface area contributed by atoms with Crippen LogP contribution in [0.25, 0.3) is 22.0 Å². The van der Waals surface area contributed by atoms with Crippen molar-refractivity contribution in [3.8, 4) is 16.9 Å². The molecule has 2 amide bonds. The number of rotatable bonds is 9. The van der Waals surface area contributed by atoms with Crippen LogP contribution in [-0.2, 0) is 16.0 Å². The molecule has 4 rings (SSSR count). The number of amides is 2. The first-order valence-electron chi connectivity index (χ1n) is 16.5. The lowest BCUT2D eigenvalue weighted by atomic mass is 9.98. The Balaban J connectivity index is 1.76. The molecule has 9 heteroatoms. The highest BCUT2D eigenvalue weighted by Crippen LogP contribution is 2.37. The molecule has 0 bridgehead atoms. The van der Waals surface area contributed by atoms with Gasteiger partial charge in [0, 0.05) is 41.5 Å². The maximum atomic E-state index is 13.7. The molecule has 1 aliphatic heterocycles. The number of hydrogen-bond acceptors (Lipinski definition) is 5. The number of piperidine rings is 1. The second kappa shape index (κ2) is 14.5. The highest BCUT2D eigenvalue weighted by molar-refractivity contribution is 6.32. The number of ether oxygens (including phenoxy) is 2. The highest BCUT2D eigenvalue weighted by atomic mass is 35.5. The number of aryl methyl sites for hydroxylation is 2. The average Bonchev–Trinajstić information content (AvgIpc) is 2.92. The number of nitrogens with one attached hydrogen (secondary N) is 1. The van der Waals surface area contributed by atoms with E-state index in [-0.39, 0.29) is 48.7 Å². The summed E-state index contributed by atoms with van der Waals surface area (Å²) in [6.45, 7) is 18.5. The Morgan fingerprint density at radius 2 is 1.67 bits per heavy atom. The Hall–Kier alpha value is -3.52. The number of likely N-dealkylation sites (tertiary alicyclic amines) is 1. The summed E-state index contributed by atoms with van der Waals surface area (Å²) < 4.78 is 12.3. The van der Waals surface area contributed by atoms with Gasteiger partial charge in [0.15, 0.2) is 0 Å². The molecule has 1 unspecified atom stereocenters. The molecule has 1 atom stereocenters. The summed E-state index contributed by atoms with van der Waals surface area (Å²) >= 11 is 6.73. The summed E-state index contributed by atoms with van der Waals surface area (Å²) in [7, 11) is 0. The zero-order valence-corrected chi connectivity index (χ0v) is 29.6. The van der Waals surface area contributed by atoms with E-state index >= 15 is 0 Å². The van der Waals surface area contributed by atoms with Gasteiger partial charge in [0.1, 0.15) is 11.4 Å². The SMILES string of the molecule is Cc1cc(C)cc(-c2c(OCCC3CCCCN3C(=O)OC(C)(C)C)c3cc(CC(=O)N(C(C)C)C(C)C)c(Cl)cc3[nH]c2=O)c1. The fourth-order valence-corrected chi connectivity index (χ4v) is 6.81. The van der Waals surface area contributed by atoms with Gasteiger partial charge in [-0.1, -0.05) is 40.9 Å². The van der Waals surface area contributed by atoms with E-state index in [0.717, 1.165) is 36.0 Å². The molecule has 0 saturated carbocycles. The fraction of sp³-hybridized carbons (Fsp3) is 0.541. The van der Waals surface area contributed by atoms with E-state index in [1.807, 2.05) is 90.3 Å². The van der Waals surface area contributed by atoms with Crippen LogP contribution in [0.4, 0.5) is 4.79 Å². The summed E-state index contributed by atoms with van der Waals surface area (Å²) in [4.78, 5) is 46.9. The van der Waals surface area contributed by atoms with Gasteiger partial charge in [-0.2, -0.15) is 0 Å². The summed E-state index contributed by atoms with van der Waals surface area (Å²) in [5, 5.41) is 1.08. The van der Waals surface area contributed by atoms with Crippen molar-refractivity contribution in [1.82, 2.24) is 14.8 Å². The molecule has 0 spiro atoms. The normalized spacial score (nSPS) is 15.5. The van der Waals surface area contributed by atoms with Crippen molar-refractivity contribution < 1.29 is 19.1 Å². The first-order chi connectivity index (χ1) is 21.6. The van der Waals surface area contributed by atoms with Gasteiger partial charge in [-0.3, -0.25) is 9.59 Å². The van der Waals surface area contributed by atoms with E-state index < -0.39 is 5.60 Å². The Morgan fingerprint density at radius 1 is 1.02 bits per heavy atom. The second-order valence-corrected chi connectivity index (χ2v) is 14.6. The van der Waals surface area contributed by atoms with Crippen molar-refractivity contribution in [2.24, 2.45) is 0 Å². The van der Waals surface area contributed by atoms with Crippen molar-refractivity contribution in [3.63, 3.8) is 0 Å². The van der Waals surface area contributed by atoms with Gasteiger partial charge >= 0.3 is 6.09 Å². The van der Waals surface area contributed by atoms with E-state index in [0.29, 0.717) is 45.8 Å². The summed E-state index contributed by atoms with van der Waals surface area (Å²) in [6.07, 6.45) is 3.19. The number of halogens is 1. The number of nitrogens with zero attached hydrogens (tertiary/aromatic N) is 2. The minimum atomic E-state index is -0.581. The molecule has 0 radical (unpaired) electrons. The van der Waals surface area contributed by atoms with Gasteiger partial charge in [-0.25, -0.2) is 4.79 Å². The van der Waals surface area contributed by atoms with Gasteiger partial charge in [0.25, 0.3) is 5.56 Å². The van der Waals surface area contributed by atoms with Crippen LogP contribution in [0.2, 0.25) is 5.02 Å². The molecule has 250 valence electrons. The maximum absolute atomic E-state index is 13.7. The van der Waals surface area contributed by atoms with Crippen LogP contribution < -0.4 is 10.3 Å². The number of fused-ring (bicyclic) bond motifs is 1. The van der Waals surface area contributed by atoms with Crippen molar-refractivity contribution >= 4 is 34.5 Å². The lowest BCUT2D eigenvalue weighted by molar-refractivity contribution is -0.134. The van der Waals surface area contributed by atoms with Crippen LogP contribution in [0.3, 0.4) is 0 Å². The first kappa shape index (κ1) is 35.3. The second-order valence-electron chi connectivity index (χ2n) is 14.1. The van der Waals surface area contributed by atoms with Gasteiger partial charge in [0.05, 0.1) is 24.1 Å². The van der Waals surface area contributed by atoms with E-state index in [4.69, 9.17) is 21.1 Å². The molecule has 1 aliphatic rings. The smallest absolute Gasteiger partial charge is 0.410 e. The fourth-order valence-electron chi connectivity index (χ4n) is 6.58. The Labute approximate surface area is 278 Å². The summed E-state index contributed by atoms with van der Waals surface area (Å²) in [6, 6.07) is 9.64. The number of H-pyrrole nitrogens is 1. The molecular formula is C37H50ClN3O5. The Kier molecular flexibility index (Phi) is 11.1. The largest absolute Gasteiger partial charge is 0.492 e. The van der Waals surface area contributed by atoms with Gasteiger partial charge in [-0.05, 0) is 105 Å². The lowest BCUT2D eigenvalue weighted by Gasteiger charge is -2.36. The van der Waals surface area contributed by atoms with Crippen LogP contribution in [0, 0.1) is 13.8 Å². The average molecular weight is 652 g/mol. The van der Waals surface area contributed by atoms with E-state index in [9.17, 15) is 14.4 Å². The number of aromatic nitrogens is 1. The molecule has 8 nitrogen and oxygen atoms in total. The lowest BCUT2D eigenvalue weighted by Crippen LogP contribution is -2.46. The third-order valence-electron chi connectivity index (χ3n) is 8.34. The van der Waals surface area contributed by atoms with Crippen molar-refractivity contribution in [2.45, 2.75) is 118 Å². The first-order valence-corrected chi connectivity index (χ1v) is 16.8. The van der Waals surface area contributed by atoms with Crippen molar-refractivity contribution in [3.05, 3.63) is 62.4 Å². The van der Waals surface area contributed by atoms with E-state index in [1.165, 1.54) is 0 Å². The minimum Gasteiger partial charge on any atom is -0.492 e. The monoisotopic (exact) mass is 651 g/mol. The molecule has 1 saturated heterocycles. The molecule has 1 aromatic heterocycles. The minimum absolute atomic E-state index is 0.0211. The Bertz CT molecular complexity index is 1610. The number of benzene rings is 2. The molecular weight excluding hydrogens is 602 g/mol. The van der Waals surface area contributed by atoms with Gasteiger partial charge in [-0.15, -0.1) is 0 Å². The van der Waals surface area contributed by atoms with Crippen molar-refractivity contribution in [2.75, 3.05) is 13.2 Å². The van der Waals surface area contributed by atoms with Crippen LogP contribution in [0.15, 0.2) is 35.1 Å². The molecule has 2 aromatic carbocycles. The zero-order valence-electron chi connectivity index (χ0n) is 28.9. The molecule has 3 aromatic rings. The molecule has 0 aliphatic carbocycles. The highest BCUT2D eigenvalue weighted by Gasteiger charge is 2.31. The van der Waals surface area contributed by atoms with Crippen LogP contribution >= 0.6 is 11.6 Å². The summed E-state index contributed by atoms with van der Waals surface area (Å²) in [5.74, 6) is 0.422. The van der Waals surface area contributed by atoms with Crippen molar-refractivity contribution in [1.29, 1.82) is 0 Å². The standard InChI is InChI=1S/C37H50ClN3O5/c1-22(2)41(23(3)4)32(42)20-26-19-29-31(21-30(26)38)39-35(43)33(27-17-24(5)16-25(6)18-27)34(29)45-15-13-28-12-10-11-14-40(28)36(44)46-37(7,8)9/h16-19,21-23,28H,10-15,20H2,1-9H3,(H,39,43). The number of hydrogen-bond donors (Lipinski definition) is 1. The third-order valence-corrected chi connectivity index (χ3v) is 8.69. The predicted octanol–water partition coefficient (Wildman–Crippen LogP) is 8.21. The molecule has 1 N–H and O–H groups in total. The Morgan fingerprint density at radius 3 is 2.28 bits per heavy atom. The number of carbonyl (C=O) groups excluding carboxylic acids is 2. The maximum Gasteiger partial charge on any atom is 0.410 e. The van der Waals surface area contributed by atoms with Gasteiger partial charge in [0.2, 0.25) is 5.91 Å². The topological polar surface area (TPSA) is 91.9 Å². The van der Waals surface area contributed by atoms with E-state index in [1.54, 1.807) is 6.07 Å². The van der Waals surface area contributed by atoms with Crippen LogP contribution in [-0.4, -0.2) is 63.7 Å².